The Bertz CT molecular complexity index is 1330. The molecule has 1 fully saturated rings. The van der Waals surface area contributed by atoms with Crippen molar-refractivity contribution in [2.75, 3.05) is 50.0 Å². The number of amides is 1. The molecule has 3 aromatic rings. The molecule has 36 heavy (non-hydrogen) atoms. The lowest BCUT2D eigenvalue weighted by Crippen LogP contribution is -2.29. The Morgan fingerprint density at radius 1 is 0.861 bits per heavy atom. The van der Waals surface area contributed by atoms with Crippen molar-refractivity contribution in [3.8, 4) is 5.75 Å². The molecule has 1 heterocycles. The van der Waals surface area contributed by atoms with Crippen LogP contribution in [0.5, 0.6) is 5.75 Å². The summed E-state index contributed by atoms with van der Waals surface area (Å²) >= 11 is 0. The molecule has 0 saturated carbocycles. The van der Waals surface area contributed by atoms with E-state index >= 15 is 0 Å². The second kappa shape index (κ2) is 9.77. The van der Waals surface area contributed by atoms with Gasteiger partial charge in [0, 0.05) is 45.3 Å². The third-order valence-electron chi connectivity index (χ3n) is 6.42. The first-order valence-corrected chi connectivity index (χ1v) is 11.6. The van der Waals surface area contributed by atoms with Crippen molar-refractivity contribution < 1.29 is 19.4 Å². The van der Waals surface area contributed by atoms with Crippen LogP contribution >= 0.6 is 0 Å². The number of Topliss-reactive ketones (excluding diaryl/α,β-unsaturated/α-hetero) is 1. The van der Waals surface area contributed by atoms with Crippen molar-refractivity contribution in [2.24, 2.45) is 0 Å². The van der Waals surface area contributed by atoms with Gasteiger partial charge in [0.2, 0.25) is 0 Å². The second-order valence-corrected chi connectivity index (χ2v) is 9.27. The monoisotopic (exact) mass is 485 g/mol. The van der Waals surface area contributed by atoms with Crippen LogP contribution in [0, 0.1) is 6.92 Å². The van der Waals surface area contributed by atoms with Gasteiger partial charge in [0.15, 0.2) is 0 Å². The smallest absolute Gasteiger partial charge is 0.300 e. The van der Waals surface area contributed by atoms with Crippen LogP contribution in [-0.4, -0.2) is 52.1 Å². The highest BCUT2D eigenvalue weighted by atomic mass is 16.5. The summed E-state index contributed by atoms with van der Waals surface area (Å²) in [4.78, 5) is 32.3. The molecule has 3 aromatic carbocycles. The maximum absolute atomic E-state index is 13.5. The molecule has 7 heteroatoms. The quantitative estimate of drug-likeness (QED) is 0.308. The Labute approximate surface area is 211 Å². The summed E-state index contributed by atoms with van der Waals surface area (Å²) in [6.45, 7) is 1.89. The number of rotatable bonds is 6. The third kappa shape index (κ3) is 4.40. The number of aliphatic hydroxyl groups excluding tert-OH is 1. The van der Waals surface area contributed by atoms with Crippen molar-refractivity contribution in [1.82, 2.24) is 0 Å². The summed E-state index contributed by atoms with van der Waals surface area (Å²) in [5, 5.41) is 11.5. The molecule has 186 valence electrons. The van der Waals surface area contributed by atoms with Gasteiger partial charge in [-0.1, -0.05) is 23.8 Å². The topological polar surface area (TPSA) is 73.3 Å². The van der Waals surface area contributed by atoms with E-state index in [2.05, 4.69) is 0 Å². The zero-order valence-corrected chi connectivity index (χ0v) is 21.4. The summed E-state index contributed by atoms with van der Waals surface area (Å²) < 4.78 is 5.46. The zero-order chi connectivity index (χ0) is 26.1. The summed E-state index contributed by atoms with van der Waals surface area (Å²) in [6.07, 6.45) is 0. The maximum atomic E-state index is 13.5. The van der Waals surface area contributed by atoms with Crippen molar-refractivity contribution >= 4 is 34.5 Å². The highest BCUT2D eigenvalue weighted by Gasteiger charge is 2.47. The Hall–Kier alpha value is -4.26. The van der Waals surface area contributed by atoms with Gasteiger partial charge >= 0.3 is 0 Å². The highest BCUT2D eigenvalue weighted by molar-refractivity contribution is 6.51. The number of hydrogen-bond donors (Lipinski definition) is 1. The van der Waals surface area contributed by atoms with Crippen LogP contribution < -0.4 is 19.4 Å². The Morgan fingerprint density at radius 2 is 1.42 bits per heavy atom. The summed E-state index contributed by atoms with van der Waals surface area (Å²) in [5.74, 6) is -1.28. The molecule has 1 amide bonds. The number of ketones is 1. The fourth-order valence-corrected chi connectivity index (χ4v) is 4.43. The lowest BCUT2D eigenvalue weighted by Gasteiger charge is -2.26. The number of aryl methyl sites for hydroxylation is 1. The van der Waals surface area contributed by atoms with Crippen LogP contribution in [0.4, 0.5) is 17.1 Å². The minimum absolute atomic E-state index is 0.0261. The molecule has 0 bridgehead atoms. The van der Waals surface area contributed by atoms with Crippen LogP contribution in [0.15, 0.2) is 72.3 Å². The van der Waals surface area contributed by atoms with Crippen molar-refractivity contribution in [3.63, 3.8) is 0 Å². The molecule has 0 aromatic heterocycles. The first-order chi connectivity index (χ1) is 17.1. The van der Waals surface area contributed by atoms with Gasteiger partial charge in [0.05, 0.1) is 24.3 Å². The van der Waals surface area contributed by atoms with Gasteiger partial charge in [0.25, 0.3) is 11.7 Å². The molecule has 0 radical (unpaired) electrons. The largest absolute Gasteiger partial charge is 0.507 e. The van der Waals surface area contributed by atoms with E-state index in [1.54, 1.807) is 12.1 Å². The van der Waals surface area contributed by atoms with Crippen molar-refractivity contribution in [3.05, 3.63) is 89.0 Å². The number of benzene rings is 3. The van der Waals surface area contributed by atoms with E-state index in [0.29, 0.717) is 22.6 Å². The average molecular weight is 486 g/mol. The van der Waals surface area contributed by atoms with Gasteiger partial charge in [-0.05, 0) is 61.0 Å². The molecule has 7 nitrogen and oxygen atoms in total. The van der Waals surface area contributed by atoms with Crippen LogP contribution in [0.1, 0.15) is 22.7 Å². The van der Waals surface area contributed by atoms with Gasteiger partial charge in [-0.3, -0.25) is 14.5 Å². The first kappa shape index (κ1) is 24.9. The predicted molar refractivity (Wildman–Crippen MR) is 144 cm³/mol. The molecular formula is C29H31N3O4. The Morgan fingerprint density at radius 3 is 1.94 bits per heavy atom. The first-order valence-electron chi connectivity index (χ1n) is 11.6. The molecule has 1 N–H and O–H groups in total. The maximum Gasteiger partial charge on any atom is 0.300 e. The number of carbonyl (C=O) groups excluding carboxylic acids is 2. The molecular weight excluding hydrogens is 454 g/mol. The third-order valence-corrected chi connectivity index (χ3v) is 6.42. The highest BCUT2D eigenvalue weighted by Crippen LogP contribution is 2.43. The van der Waals surface area contributed by atoms with Gasteiger partial charge in [-0.2, -0.15) is 0 Å². The van der Waals surface area contributed by atoms with E-state index in [1.165, 1.54) is 12.0 Å². The van der Waals surface area contributed by atoms with Crippen molar-refractivity contribution in [1.29, 1.82) is 0 Å². The minimum atomic E-state index is -0.809. The summed E-state index contributed by atoms with van der Waals surface area (Å²) in [7, 11) is 9.25. The number of aliphatic hydroxyl groups is 1. The molecule has 1 saturated heterocycles. The van der Waals surface area contributed by atoms with Crippen molar-refractivity contribution in [2.45, 2.75) is 13.0 Å². The van der Waals surface area contributed by atoms with Crippen LogP contribution in [-0.2, 0) is 9.59 Å². The minimum Gasteiger partial charge on any atom is -0.507 e. The predicted octanol–water partition coefficient (Wildman–Crippen LogP) is 4.76. The molecule has 4 rings (SSSR count). The number of carbonyl (C=O) groups is 2. The van der Waals surface area contributed by atoms with E-state index in [0.717, 1.165) is 16.9 Å². The molecule has 1 unspecified atom stereocenters. The van der Waals surface area contributed by atoms with Crippen LogP contribution in [0.2, 0.25) is 0 Å². The number of anilines is 3. The standard InChI is InChI=1S/C29H31N3O4/c1-18-7-16-24(36-6)23(17-18)27(33)25-26(19-8-10-20(11-9-19)30(2)3)32(29(35)28(25)34)22-14-12-21(13-15-22)31(4)5/h7-17,26,33H,1-6H3/b27-25+. The van der Waals surface area contributed by atoms with E-state index in [4.69, 9.17) is 4.74 Å². The van der Waals surface area contributed by atoms with E-state index in [1.807, 2.05) is 99.5 Å². The Kier molecular flexibility index (Phi) is 6.75. The van der Waals surface area contributed by atoms with Crippen LogP contribution in [0.3, 0.4) is 0 Å². The number of nitrogens with zero attached hydrogens (tertiary/aromatic N) is 3. The summed E-state index contributed by atoms with van der Waals surface area (Å²) in [5.41, 5.74) is 4.51. The van der Waals surface area contributed by atoms with E-state index in [-0.39, 0.29) is 11.3 Å². The summed E-state index contributed by atoms with van der Waals surface area (Å²) in [6, 6.07) is 19.6. The van der Waals surface area contributed by atoms with Crippen LogP contribution in [0.25, 0.3) is 5.76 Å². The fraction of sp³-hybridized carbons (Fsp3) is 0.241. The lowest BCUT2D eigenvalue weighted by molar-refractivity contribution is -0.132. The average Bonchev–Trinajstić information content (AvgIpc) is 3.13. The fourth-order valence-electron chi connectivity index (χ4n) is 4.43. The number of hydrogen-bond acceptors (Lipinski definition) is 6. The van der Waals surface area contributed by atoms with Gasteiger partial charge in [-0.15, -0.1) is 0 Å². The Balaban J connectivity index is 1.94. The number of methoxy groups -OCH3 is 1. The van der Waals surface area contributed by atoms with E-state index < -0.39 is 17.7 Å². The lowest BCUT2D eigenvalue weighted by atomic mass is 9.94. The van der Waals surface area contributed by atoms with Gasteiger partial charge in [0.1, 0.15) is 11.5 Å². The molecule has 0 spiro atoms. The molecule has 0 aliphatic carbocycles. The zero-order valence-electron chi connectivity index (χ0n) is 21.4. The van der Waals surface area contributed by atoms with Gasteiger partial charge < -0.3 is 19.6 Å². The molecule has 1 aliphatic rings. The molecule has 1 atom stereocenters. The molecule has 1 aliphatic heterocycles. The van der Waals surface area contributed by atoms with E-state index in [9.17, 15) is 14.7 Å². The SMILES string of the molecule is COc1ccc(C)cc1/C(O)=C1\C(=O)C(=O)N(c2ccc(N(C)C)cc2)C1c1ccc(N(C)C)cc1. The van der Waals surface area contributed by atoms with Gasteiger partial charge in [-0.25, -0.2) is 0 Å². The second-order valence-electron chi connectivity index (χ2n) is 9.27. The number of ether oxygens (including phenoxy) is 1. The normalized spacial score (nSPS) is 16.8.